The van der Waals surface area contributed by atoms with Crippen molar-refractivity contribution in [2.24, 2.45) is 0 Å². The first-order valence-corrected chi connectivity index (χ1v) is 22.3. The molecule has 0 fully saturated rings. The Hall–Kier alpha value is 2.67. The van der Waals surface area contributed by atoms with Crippen LogP contribution in [0.25, 0.3) is 0 Å². The van der Waals surface area contributed by atoms with Gasteiger partial charge in [-0.25, -0.2) is 26.3 Å². The van der Waals surface area contributed by atoms with E-state index >= 15 is 0 Å². The van der Waals surface area contributed by atoms with Gasteiger partial charge in [0.2, 0.25) is 0 Å². The average molecular weight is 1170 g/mol. The van der Waals surface area contributed by atoms with Crippen LogP contribution in [0.15, 0.2) is 34.1 Å². The molecule has 344 valence electrons. The summed E-state index contributed by atoms with van der Waals surface area (Å²) in [6, 6.07) is 5.75. The number of nitriles is 1. The van der Waals surface area contributed by atoms with Gasteiger partial charge in [-0.1, -0.05) is 52.2 Å². The molecule has 2 aromatic carbocycles. The third kappa shape index (κ3) is 51.9. The van der Waals surface area contributed by atoms with Crippen molar-refractivity contribution in [1.82, 2.24) is 9.80 Å². The molecule has 0 atom stereocenters. The van der Waals surface area contributed by atoms with Crippen LogP contribution in [0.5, 0.6) is 11.5 Å². The van der Waals surface area contributed by atoms with Gasteiger partial charge < -0.3 is 18.9 Å². The molecule has 0 N–H and O–H groups in total. The molecule has 13 nitrogen and oxygen atoms in total. The Morgan fingerprint density at radius 3 is 1.02 bits per heavy atom. The maximum atomic E-state index is 11.0. The smallest absolute Gasteiger partial charge is 0.870 e. The number of hydrogen-bond donors (Lipinski definition) is 0. The number of nitrogens with zero attached hydrogens (tertiary/aromatic N) is 5. The van der Waals surface area contributed by atoms with Crippen LogP contribution in [0.2, 0.25) is 20.1 Å². The van der Waals surface area contributed by atoms with Gasteiger partial charge in [0.05, 0.1) is 82.3 Å². The number of halogens is 17. The maximum Gasteiger partial charge on any atom is 1.00 e. The molecule has 0 bridgehead atoms. The van der Waals surface area contributed by atoms with E-state index in [2.05, 4.69) is 0 Å². The molecule has 0 aliphatic rings. The predicted molar refractivity (Wildman–Crippen MR) is 195 cm³/mol. The molecule has 2 rings (SSSR count). The fraction of sp³-hybridized carbons (Fsp3) is 0.375. The van der Waals surface area contributed by atoms with Gasteiger partial charge in [-0.05, 0) is 24.3 Å². The van der Waals surface area contributed by atoms with Crippen LogP contribution in [0.3, 0.4) is 0 Å². The topological polar surface area (TPSA) is 183 Å². The number of hydrogen-bond acceptors (Lipinski definition) is 9. The Kier molecular flexibility index (Phi) is 35.4. The van der Waals surface area contributed by atoms with Crippen LogP contribution in [-0.4, -0.2) is 113 Å². The first kappa shape index (κ1) is 77.9. The van der Waals surface area contributed by atoms with Gasteiger partial charge in [-0.3, -0.25) is 9.48 Å². The third-order valence-electron chi connectivity index (χ3n) is 4.22. The van der Waals surface area contributed by atoms with Crippen LogP contribution >= 0.6 is 73.6 Å². The van der Waals surface area contributed by atoms with E-state index in [1.807, 2.05) is 37.7 Å². The SMILES string of the molecule is CC#N.CN(C)C(Cl)=[N+](C)C.CN(C)C(Oc1c(Cl)cc(S(=O)(=O)[O-])cc1Cl)=[N+](C)C.F[P-](F)(F)(F)(F)F.F[P-](F)(F)(F)(F)F.O=S(=O)([O-])c1cc(Cl)c([O-])c(Cl)c1.[K+].[K+].[K+]. The number of amidine groups is 2. The van der Waals surface area contributed by atoms with E-state index in [0.29, 0.717) is 6.02 Å². The molecular formula is C24H31Cl5F12K3N5O8P2S2. The molecule has 0 amide bonds. The van der Waals surface area contributed by atoms with Gasteiger partial charge in [0, 0.05) is 28.6 Å². The summed E-state index contributed by atoms with van der Waals surface area (Å²) in [5.41, 5.74) is 0. The predicted octanol–water partition coefficient (Wildman–Crippen LogP) is 1.16. The Morgan fingerprint density at radius 1 is 0.639 bits per heavy atom. The molecule has 0 spiro atoms. The van der Waals surface area contributed by atoms with Crippen molar-refractivity contribution in [3.8, 4) is 17.6 Å². The van der Waals surface area contributed by atoms with E-state index in [1.165, 1.54) is 6.92 Å². The second-order valence-electron chi connectivity index (χ2n) is 10.7. The van der Waals surface area contributed by atoms with E-state index in [4.69, 9.17) is 68.0 Å². The minimum Gasteiger partial charge on any atom is -0.870 e. The largest absolute Gasteiger partial charge is 1.00 e. The number of rotatable bonds is 3. The quantitative estimate of drug-likeness (QED) is 0.0629. The molecule has 37 heteroatoms. The molecule has 0 radical (unpaired) electrons. The van der Waals surface area contributed by atoms with E-state index < -0.39 is 51.4 Å². The summed E-state index contributed by atoms with van der Waals surface area (Å²) in [6.07, 6.45) is 0. The van der Waals surface area contributed by atoms with E-state index in [1.54, 1.807) is 43.7 Å². The van der Waals surface area contributed by atoms with Crippen molar-refractivity contribution >= 4 is 105 Å². The molecule has 0 unspecified atom stereocenters. The van der Waals surface area contributed by atoms with Crippen molar-refractivity contribution in [1.29, 1.82) is 5.26 Å². The second kappa shape index (κ2) is 27.8. The Labute approximate surface area is 495 Å². The monoisotopic (exact) mass is 1160 g/mol. The molecule has 0 heterocycles. The van der Waals surface area contributed by atoms with Crippen molar-refractivity contribution in [3.63, 3.8) is 0 Å². The van der Waals surface area contributed by atoms with Crippen LogP contribution in [-0.2, 0) is 20.2 Å². The van der Waals surface area contributed by atoms with Gasteiger partial charge in [-0.2, -0.15) is 5.26 Å². The normalized spacial score (nSPS) is 12.7. The van der Waals surface area contributed by atoms with Crippen LogP contribution in [0.1, 0.15) is 6.92 Å². The van der Waals surface area contributed by atoms with Crippen molar-refractivity contribution in [3.05, 3.63) is 44.4 Å². The standard InChI is InChI=1S/C11H14Cl2N2O4S.C6H4Cl2O4S.C5H12ClN2.C2H3N.2F6P.3K/c1-14(2)11(15(3)4)19-10-8(12)5-7(6-9(10)13)20(16,17)18;7-4-1-3(13(10,11)12)2-5(8)6(4)9;1-7(2)5(6)8(3)4;1-2-3;2*1-7(2,3,4,5)6;;;/h5-6H,1-4H3;1-2,9H,(H,10,11,12);1-4H3;1H3;;;;;/q;;+1;;2*-1;3*+1/p-2. The molecular weight excluding hydrogens is 1130 g/mol. The van der Waals surface area contributed by atoms with Crippen molar-refractivity contribution < 1.29 is 249 Å². The van der Waals surface area contributed by atoms with Gasteiger partial charge in [-0.15, -0.1) is 0 Å². The minimum absolute atomic E-state index is 0. The number of benzene rings is 2. The van der Waals surface area contributed by atoms with Gasteiger partial charge in [0.15, 0.2) is 5.75 Å². The summed E-state index contributed by atoms with van der Waals surface area (Å²) >= 11 is 28.2. The maximum absolute atomic E-state index is 11.0. The van der Waals surface area contributed by atoms with E-state index in [-0.39, 0.29) is 180 Å². The first-order chi connectivity index (χ1) is 24.7. The van der Waals surface area contributed by atoms with Crippen LogP contribution < -0.4 is 164 Å². The van der Waals surface area contributed by atoms with Gasteiger partial charge >= 0.3 is 231 Å². The summed E-state index contributed by atoms with van der Waals surface area (Å²) in [5.74, 6) is -0.617. The summed E-state index contributed by atoms with van der Waals surface area (Å²) in [5, 5.41) is 18.0. The fourth-order valence-electron chi connectivity index (χ4n) is 2.53. The second-order valence-corrected chi connectivity index (χ2v) is 19.3. The summed E-state index contributed by atoms with van der Waals surface area (Å²) in [4.78, 5) is 2.42. The summed E-state index contributed by atoms with van der Waals surface area (Å²) in [6.45, 7) is 1.43. The minimum atomic E-state index is -10.7. The molecule has 0 saturated carbocycles. The molecule has 0 aliphatic carbocycles. The summed E-state index contributed by atoms with van der Waals surface area (Å²) in [7, 11) is -15.9. The Balaban J connectivity index is -0.000000124. The molecule has 2 aromatic rings. The van der Waals surface area contributed by atoms with Crippen LogP contribution in [0.4, 0.5) is 50.4 Å². The first-order valence-electron chi connectivity index (χ1n) is 13.5. The van der Waals surface area contributed by atoms with Crippen LogP contribution in [0, 0.1) is 11.3 Å². The molecule has 61 heavy (non-hydrogen) atoms. The number of ether oxygens (including phenoxy) is 1. The van der Waals surface area contributed by atoms with Crippen molar-refractivity contribution in [2.75, 3.05) is 56.4 Å². The Morgan fingerprint density at radius 2 is 0.869 bits per heavy atom. The average Bonchev–Trinajstić information content (AvgIpc) is 2.91. The summed E-state index contributed by atoms with van der Waals surface area (Å²) < 4.78 is 192. The van der Waals surface area contributed by atoms with Gasteiger partial charge in [0.1, 0.15) is 20.2 Å². The van der Waals surface area contributed by atoms with E-state index in [9.17, 15) is 81.4 Å². The van der Waals surface area contributed by atoms with Crippen molar-refractivity contribution in [2.45, 2.75) is 16.7 Å². The fourth-order valence-corrected chi connectivity index (χ4v) is 4.89. The zero-order valence-electron chi connectivity index (χ0n) is 33.4. The molecule has 0 aromatic heterocycles. The van der Waals surface area contributed by atoms with E-state index in [0.717, 1.165) is 29.6 Å². The molecule has 0 saturated heterocycles. The zero-order valence-corrected chi connectivity index (χ0v) is 50.0. The third-order valence-corrected chi connectivity index (χ3v) is 7.64. The Bertz CT molecular complexity index is 2010. The zero-order chi connectivity index (χ0) is 48.1. The van der Waals surface area contributed by atoms with Gasteiger partial charge in [0.25, 0.3) is 0 Å². The molecule has 0 aliphatic heterocycles.